The highest BCUT2D eigenvalue weighted by molar-refractivity contribution is 5.50. The number of rotatable bonds is 6. The van der Waals surface area contributed by atoms with Gasteiger partial charge in [-0.2, -0.15) is 0 Å². The summed E-state index contributed by atoms with van der Waals surface area (Å²) in [5.41, 5.74) is 3.22. The van der Waals surface area contributed by atoms with Crippen LogP contribution in [-0.2, 0) is 17.9 Å². The minimum absolute atomic E-state index is 0.628. The minimum Gasteiger partial charge on any atom is -0.379 e. The van der Waals surface area contributed by atoms with E-state index in [1.165, 1.54) is 0 Å². The van der Waals surface area contributed by atoms with Gasteiger partial charge in [0, 0.05) is 24.1 Å². The normalized spacial score (nSPS) is 10.3. The van der Waals surface area contributed by atoms with Crippen molar-refractivity contribution in [1.29, 1.82) is 0 Å². The molecular formula is C14H17N3O. The molecule has 0 radical (unpaired) electrons. The largest absolute Gasteiger partial charge is 0.379 e. The maximum atomic E-state index is 5.45. The third kappa shape index (κ3) is 3.53. The standard InChI is InChI=1S/C14H17N3O/c1-2-18-10-12-5-3-4-6-14(12)16-9-13-7-8-15-11-17-13/h3-8,11,16H,2,9-10H2,1H3. The van der Waals surface area contributed by atoms with Crippen LogP contribution in [-0.4, -0.2) is 16.6 Å². The second kappa shape index (κ2) is 6.71. The van der Waals surface area contributed by atoms with E-state index in [0.717, 1.165) is 23.6 Å². The number of aromatic nitrogens is 2. The number of hydrogen-bond donors (Lipinski definition) is 1. The minimum atomic E-state index is 0.628. The van der Waals surface area contributed by atoms with Crippen molar-refractivity contribution in [2.75, 3.05) is 11.9 Å². The number of benzene rings is 1. The van der Waals surface area contributed by atoms with E-state index in [9.17, 15) is 0 Å². The Hall–Kier alpha value is -1.94. The van der Waals surface area contributed by atoms with Crippen LogP contribution in [0.1, 0.15) is 18.2 Å². The molecule has 0 amide bonds. The predicted octanol–water partition coefficient (Wildman–Crippen LogP) is 2.63. The molecule has 0 bridgehead atoms. The Labute approximate surface area is 107 Å². The molecule has 1 N–H and O–H groups in total. The molecule has 0 aliphatic heterocycles. The molecule has 0 saturated heterocycles. The fraction of sp³-hybridized carbons (Fsp3) is 0.286. The Morgan fingerprint density at radius 2 is 2.11 bits per heavy atom. The summed E-state index contributed by atoms with van der Waals surface area (Å²) in [6, 6.07) is 10.0. The third-order valence-corrected chi connectivity index (χ3v) is 2.58. The Kier molecular flexibility index (Phi) is 4.67. The molecule has 2 rings (SSSR count). The van der Waals surface area contributed by atoms with Crippen molar-refractivity contribution in [3.05, 3.63) is 54.1 Å². The number of anilines is 1. The molecule has 94 valence electrons. The van der Waals surface area contributed by atoms with Gasteiger partial charge in [-0.05, 0) is 19.1 Å². The molecule has 1 aromatic carbocycles. The lowest BCUT2D eigenvalue weighted by Crippen LogP contribution is -2.05. The van der Waals surface area contributed by atoms with Crippen LogP contribution in [0.2, 0.25) is 0 Å². The SMILES string of the molecule is CCOCc1ccccc1NCc1ccncn1. The van der Waals surface area contributed by atoms with Crippen LogP contribution in [0.25, 0.3) is 0 Å². The zero-order chi connectivity index (χ0) is 12.6. The lowest BCUT2D eigenvalue weighted by atomic mass is 10.2. The lowest BCUT2D eigenvalue weighted by molar-refractivity contribution is 0.134. The van der Waals surface area contributed by atoms with E-state index in [0.29, 0.717) is 13.2 Å². The Morgan fingerprint density at radius 1 is 1.22 bits per heavy atom. The molecule has 0 saturated carbocycles. The molecule has 0 aliphatic rings. The van der Waals surface area contributed by atoms with Crippen molar-refractivity contribution >= 4 is 5.69 Å². The van der Waals surface area contributed by atoms with Crippen LogP contribution in [0.4, 0.5) is 5.69 Å². The lowest BCUT2D eigenvalue weighted by Gasteiger charge is -2.11. The van der Waals surface area contributed by atoms with Crippen molar-refractivity contribution in [2.45, 2.75) is 20.1 Å². The van der Waals surface area contributed by atoms with Gasteiger partial charge in [0.05, 0.1) is 18.8 Å². The van der Waals surface area contributed by atoms with Crippen LogP contribution < -0.4 is 5.32 Å². The second-order valence-corrected chi connectivity index (χ2v) is 3.85. The average Bonchev–Trinajstić information content (AvgIpc) is 2.45. The maximum Gasteiger partial charge on any atom is 0.115 e. The van der Waals surface area contributed by atoms with Crippen molar-refractivity contribution < 1.29 is 4.74 Å². The first-order valence-corrected chi connectivity index (χ1v) is 6.04. The molecule has 0 spiro atoms. The van der Waals surface area contributed by atoms with Crippen LogP contribution >= 0.6 is 0 Å². The Bertz CT molecular complexity index is 473. The van der Waals surface area contributed by atoms with Crippen molar-refractivity contribution in [3.8, 4) is 0 Å². The number of ether oxygens (including phenoxy) is 1. The Morgan fingerprint density at radius 3 is 2.89 bits per heavy atom. The van der Waals surface area contributed by atoms with Crippen molar-refractivity contribution in [1.82, 2.24) is 9.97 Å². The first-order valence-electron chi connectivity index (χ1n) is 6.04. The monoisotopic (exact) mass is 243 g/mol. The molecule has 2 aromatic rings. The van der Waals surface area contributed by atoms with Gasteiger partial charge in [-0.15, -0.1) is 0 Å². The summed E-state index contributed by atoms with van der Waals surface area (Å²) >= 11 is 0. The van der Waals surface area contributed by atoms with E-state index in [1.54, 1.807) is 12.5 Å². The zero-order valence-corrected chi connectivity index (χ0v) is 10.5. The van der Waals surface area contributed by atoms with Gasteiger partial charge in [-0.1, -0.05) is 18.2 Å². The quantitative estimate of drug-likeness (QED) is 0.847. The molecule has 4 nitrogen and oxygen atoms in total. The van der Waals surface area contributed by atoms with Gasteiger partial charge in [0.1, 0.15) is 6.33 Å². The fourth-order valence-corrected chi connectivity index (χ4v) is 1.64. The molecule has 0 atom stereocenters. The molecule has 0 fully saturated rings. The summed E-state index contributed by atoms with van der Waals surface area (Å²) in [7, 11) is 0. The first kappa shape index (κ1) is 12.5. The summed E-state index contributed by atoms with van der Waals surface area (Å²) < 4.78 is 5.45. The number of nitrogens with one attached hydrogen (secondary N) is 1. The number of para-hydroxylation sites is 1. The zero-order valence-electron chi connectivity index (χ0n) is 10.5. The molecule has 18 heavy (non-hydrogen) atoms. The van der Waals surface area contributed by atoms with E-state index in [1.807, 2.05) is 25.1 Å². The summed E-state index contributed by atoms with van der Waals surface area (Å²) in [6.07, 6.45) is 3.30. The summed E-state index contributed by atoms with van der Waals surface area (Å²) in [6.45, 7) is 4.03. The van der Waals surface area contributed by atoms with Crippen LogP contribution in [0, 0.1) is 0 Å². The molecule has 0 unspecified atom stereocenters. The van der Waals surface area contributed by atoms with Crippen LogP contribution in [0.3, 0.4) is 0 Å². The predicted molar refractivity (Wildman–Crippen MR) is 71.1 cm³/mol. The molecule has 0 aliphatic carbocycles. The number of nitrogens with zero attached hydrogens (tertiary/aromatic N) is 2. The highest BCUT2D eigenvalue weighted by Gasteiger charge is 2.01. The third-order valence-electron chi connectivity index (χ3n) is 2.58. The van der Waals surface area contributed by atoms with Crippen LogP contribution in [0.15, 0.2) is 42.9 Å². The highest BCUT2D eigenvalue weighted by Crippen LogP contribution is 2.16. The van der Waals surface area contributed by atoms with E-state index < -0.39 is 0 Å². The van der Waals surface area contributed by atoms with Gasteiger partial charge < -0.3 is 10.1 Å². The van der Waals surface area contributed by atoms with Gasteiger partial charge in [-0.3, -0.25) is 0 Å². The van der Waals surface area contributed by atoms with E-state index >= 15 is 0 Å². The van der Waals surface area contributed by atoms with Gasteiger partial charge in [0.2, 0.25) is 0 Å². The Balaban J connectivity index is 2.00. The number of hydrogen-bond acceptors (Lipinski definition) is 4. The summed E-state index contributed by atoms with van der Waals surface area (Å²) in [5.74, 6) is 0. The van der Waals surface area contributed by atoms with E-state index in [2.05, 4.69) is 27.4 Å². The topological polar surface area (TPSA) is 47.0 Å². The highest BCUT2D eigenvalue weighted by atomic mass is 16.5. The van der Waals surface area contributed by atoms with Crippen LogP contribution in [0.5, 0.6) is 0 Å². The smallest absolute Gasteiger partial charge is 0.115 e. The van der Waals surface area contributed by atoms with Gasteiger partial charge in [0.15, 0.2) is 0 Å². The van der Waals surface area contributed by atoms with Gasteiger partial charge >= 0.3 is 0 Å². The first-order chi connectivity index (χ1) is 8.90. The molecular weight excluding hydrogens is 226 g/mol. The average molecular weight is 243 g/mol. The van der Waals surface area contributed by atoms with Crippen molar-refractivity contribution in [3.63, 3.8) is 0 Å². The summed E-state index contributed by atoms with van der Waals surface area (Å²) in [4.78, 5) is 8.08. The second-order valence-electron chi connectivity index (χ2n) is 3.85. The molecule has 1 heterocycles. The van der Waals surface area contributed by atoms with E-state index in [4.69, 9.17) is 4.74 Å². The fourth-order valence-electron chi connectivity index (χ4n) is 1.64. The maximum absolute atomic E-state index is 5.45. The molecule has 4 heteroatoms. The van der Waals surface area contributed by atoms with Gasteiger partial charge in [-0.25, -0.2) is 9.97 Å². The molecule has 1 aromatic heterocycles. The van der Waals surface area contributed by atoms with E-state index in [-0.39, 0.29) is 0 Å². The summed E-state index contributed by atoms with van der Waals surface area (Å²) in [5, 5.41) is 3.37. The van der Waals surface area contributed by atoms with Crippen molar-refractivity contribution in [2.24, 2.45) is 0 Å². The van der Waals surface area contributed by atoms with Gasteiger partial charge in [0.25, 0.3) is 0 Å².